The van der Waals surface area contributed by atoms with Crippen LogP contribution < -0.4 is 0 Å². The Morgan fingerprint density at radius 1 is 1.69 bits per heavy atom. The molecule has 1 aromatic rings. The minimum absolute atomic E-state index is 0.147. The molecule has 0 atom stereocenters. The van der Waals surface area contributed by atoms with Crippen LogP contribution >= 0.6 is 0 Å². The first-order valence-corrected chi connectivity index (χ1v) is 5.01. The minimum Gasteiger partial charge on any atom is -0.358 e. The smallest absolute Gasteiger partial charge is 0.358 e. The van der Waals surface area contributed by atoms with Gasteiger partial charge in [-0.1, -0.05) is 4.09 Å². The normalized spacial score (nSPS) is 11.5. The van der Waals surface area contributed by atoms with Crippen LogP contribution in [0.5, 0.6) is 0 Å². The van der Waals surface area contributed by atoms with E-state index in [9.17, 15) is 18.5 Å². The van der Waals surface area contributed by atoms with Crippen molar-refractivity contribution in [1.82, 2.24) is 9.19 Å². The van der Waals surface area contributed by atoms with Crippen LogP contribution in [0, 0.1) is 10.1 Å². The fourth-order valence-electron chi connectivity index (χ4n) is 0.683. The van der Waals surface area contributed by atoms with Crippen molar-refractivity contribution < 1.29 is 13.3 Å². The first-order valence-electron chi connectivity index (χ1n) is 3.40. The molecular weight excluding hydrogens is 198 g/mol. The van der Waals surface area contributed by atoms with E-state index in [0.717, 1.165) is 12.3 Å². The second kappa shape index (κ2) is 3.13. The highest BCUT2D eigenvalue weighted by Crippen LogP contribution is 2.07. The summed E-state index contributed by atoms with van der Waals surface area (Å²) in [5, 5.41) is 13.4. The molecular formula is C5H7N3O4S. The third-order valence-corrected chi connectivity index (χ3v) is 2.89. The SMILES string of the molecule is CCS(=O)(=O)n1ccc([N+](=O)[O-])n1. The maximum absolute atomic E-state index is 11.1. The third kappa shape index (κ3) is 1.83. The lowest BCUT2D eigenvalue weighted by atomic mass is 10.7. The highest BCUT2D eigenvalue weighted by Gasteiger charge is 2.19. The molecule has 0 amide bonds. The maximum Gasteiger partial charge on any atom is 0.391 e. The summed E-state index contributed by atoms with van der Waals surface area (Å²) in [6.07, 6.45) is 1.05. The highest BCUT2D eigenvalue weighted by molar-refractivity contribution is 7.89. The summed E-state index contributed by atoms with van der Waals surface area (Å²) in [7, 11) is -3.51. The Morgan fingerprint density at radius 3 is 2.69 bits per heavy atom. The van der Waals surface area contributed by atoms with Gasteiger partial charge in [0.2, 0.25) is 0 Å². The Balaban J connectivity index is 3.13. The van der Waals surface area contributed by atoms with Crippen LogP contribution in [0.3, 0.4) is 0 Å². The van der Waals surface area contributed by atoms with Crippen molar-refractivity contribution in [3.8, 4) is 0 Å². The summed E-state index contributed by atoms with van der Waals surface area (Å²) in [5.41, 5.74) is 0. The van der Waals surface area contributed by atoms with E-state index in [1.165, 1.54) is 6.92 Å². The summed E-state index contributed by atoms with van der Waals surface area (Å²) in [6, 6.07) is 1.03. The predicted molar refractivity (Wildman–Crippen MR) is 43.7 cm³/mol. The maximum atomic E-state index is 11.1. The van der Waals surface area contributed by atoms with Crippen LogP contribution in [-0.4, -0.2) is 28.3 Å². The molecule has 0 aliphatic rings. The van der Waals surface area contributed by atoms with Crippen molar-refractivity contribution in [2.45, 2.75) is 6.92 Å². The molecule has 13 heavy (non-hydrogen) atoms. The Labute approximate surface area is 74.2 Å². The van der Waals surface area contributed by atoms with Gasteiger partial charge in [-0.05, 0) is 11.8 Å². The Kier molecular flexibility index (Phi) is 2.32. The molecule has 0 aromatic carbocycles. The van der Waals surface area contributed by atoms with Gasteiger partial charge < -0.3 is 10.1 Å². The Bertz CT molecular complexity index is 421. The van der Waals surface area contributed by atoms with Gasteiger partial charge in [-0.2, -0.15) is 0 Å². The summed E-state index contributed by atoms with van der Waals surface area (Å²) >= 11 is 0. The second-order valence-electron chi connectivity index (χ2n) is 2.20. The van der Waals surface area contributed by atoms with Crippen molar-refractivity contribution in [1.29, 1.82) is 0 Å². The zero-order valence-corrected chi connectivity index (χ0v) is 7.56. The molecule has 8 heteroatoms. The average Bonchev–Trinajstić information content (AvgIpc) is 2.52. The number of rotatable bonds is 3. The van der Waals surface area contributed by atoms with Gasteiger partial charge in [0.25, 0.3) is 10.0 Å². The number of hydrogen-bond donors (Lipinski definition) is 0. The van der Waals surface area contributed by atoms with Crippen LogP contribution in [0.2, 0.25) is 0 Å². The lowest BCUT2D eigenvalue weighted by molar-refractivity contribution is -0.389. The van der Waals surface area contributed by atoms with Gasteiger partial charge in [0.05, 0.1) is 23.1 Å². The zero-order valence-electron chi connectivity index (χ0n) is 6.74. The third-order valence-electron chi connectivity index (χ3n) is 1.39. The van der Waals surface area contributed by atoms with Crippen molar-refractivity contribution in [3.63, 3.8) is 0 Å². The largest absolute Gasteiger partial charge is 0.391 e. The van der Waals surface area contributed by atoms with E-state index in [1.54, 1.807) is 0 Å². The van der Waals surface area contributed by atoms with Crippen LogP contribution in [0.25, 0.3) is 0 Å². The Morgan fingerprint density at radius 2 is 2.31 bits per heavy atom. The van der Waals surface area contributed by atoms with Gasteiger partial charge >= 0.3 is 5.82 Å². The quantitative estimate of drug-likeness (QED) is 0.510. The van der Waals surface area contributed by atoms with E-state index in [1.807, 2.05) is 0 Å². The molecule has 0 bridgehead atoms. The van der Waals surface area contributed by atoms with Gasteiger partial charge in [0.15, 0.2) is 0 Å². The van der Waals surface area contributed by atoms with Gasteiger partial charge in [-0.15, -0.1) is 0 Å². The van der Waals surface area contributed by atoms with E-state index < -0.39 is 20.8 Å². The van der Waals surface area contributed by atoms with Crippen LogP contribution in [0.4, 0.5) is 5.82 Å². The van der Waals surface area contributed by atoms with E-state index in [-0.39, 0.29) is 5.75 Å². The number of nitrogens with zero attached hydrogens (tertiary/aromatic N) is 3. The monoisotopic (exact) mass is 205 g/mol. The second-order valence-corrected chi connectivity index (χ2v) is 4.32. The minimum atomic E-state index is -3.51. The molecule has 0 N–H and O–H groups in total. The molecule has 1 heterocycles. The summed E-state index contributed by atoms with van der Waals surface area (Å²) in [5.74, 6) is -0.622. The predicted octanol–water partition coefficient (Wildman–Crippen LogP) is -0.0109. The van der Waals surface area contributed by atoms with E-state index in [4.69, 9.17) is 0 Å². The highest BCUT2D eigenvalue weighted by atomic mass is 32.2. The van der Waals surface area contributed by atoms with E-state index in [0.29, 0.717) is 4.09 Å². The van der Waals surface area contributed by atoms with Crippen molar-refractivity contribution in [2.24, 2.45) is 0 Å². The molecule has 72 valence electrons. The van der Waals surface area contributed by atoms with E-state index >= 15 is 0 Å². The zero-order chi connectivity index (χ0) is 10.1. The molecule has 0 aliphatic carbocycles. The number of hydrogen-bond acceptors (Lipinski definition) is 5. The molecule has 1 rings (SSSR count). The first-order chi connectivity index (χ1) is 5.97. The van der Waals surface area contributed by atoms with Gasteiger partial charge in [0, 0.05) is 0 Å². The number of aromatic nitrogens is 2. The molecule has 0 unspecified atom stereocenters. The van der Waals surface area contributed by atoms with E-state index in [2.05, 4.69) is 5.10 Å². The lowest BCUT2D eigenvalue weighted by Gasteiger charge is -1.93. The molecule has 0 spiro atoms. The van der Waals surface area contributed by atoms with Gasteiger partial charge in [0.1, 0.15) is 0 Å². The summed E-state index contributed by atoms with van der Waals surface area (Å²) < 4.78 is 22.8. The van der Waals surface area contributed by atoms with Crippen LogP contribution in [0.1, 0.15) is 6.92 Å². The molecule has 0 saturated carbocycles. The summed E-state index contributed by atoms with van der Waals surface area (Å²) in [6.45, 7) is 1.43. The van der Waals surface area contributed by atoms with Crippen LogP contribution in [0.15, 0.2) is 12.3 Å². The number of nitro groups is 1. The summed E-state index contributed by atoms with van der Waals surface area (Å²) in [4.78, 5) is 9.42. The Hall–Kier alpha value is -1.44. The molecule has 0 fully saturated rings. The van der Waals surface area contributed by atoms with Gasteiger partial charge in [-0.25, -0.2) is 8.42 Å². The van der Waals surface area contributed by atoms with Crippen molar-refractivity contribution in [3.05, 3.63) is 22.4 Å². The van der Waals surface area contributed by atoms with Crippen LogP contribution in [-0.2, 0) is 10.0 Å². The fourth-order valence-corrected chi connectivity index (χ4v) is 1.40. The molecule has 7 nitrogen and oxygen atoms in total. The van der Waals surface area contributed by atoms with Gasteiger partial charge in [-0.3, -0.25) is 0 Å². The molecule has 1 aromatic heterocycles. The molecule has 0 saturated heterocycles. The average molecular weight is 205 g/mol. The van der Waals surface area contributed by atoms with Crippen molar-refractivity contribution >= 4 is 15.8 Å². The van der Waals surface area contributed by atoms with Crippen molar-refractivity contribution in [2.75, 3.05) is 5.75 Å². The molecule has 0 radical (unpaired) electrons. The fraction of sp³-hybridized carbons (Fsp3) is 0.400. The topological polar surface area (TPSA) is 95.1 Å². The lowest BCUT2D eigenvalue weighted by Crippen LogP contribution is -2.15. The molecule has 0 aliphatic heterocycles. The standard InChI is InChI=1S/C5H7N3O4S/c1-2-13(11,12)7-4-3-5(6-7)8(9)10/h3-4H,2H2,1H3. The first kappa shape index (κ1) is 9.65.